The summed E-state index contributed by atoms with van der Waals surface area (Å²) in [5.41, 5.74) is 0.924. The highest BCUT2D eigenvalue weighted by Gasteiger charge is 2.04. The number of rotatable bonds is 9. The molecular formula is C15H28N4O. The molecule has 1 aromatic heterocycles. The van der Waals surface area contributed by atoms with Gasteiger partial charge in [0.1, 0.15) is 0 Å². The van der Waals surface area contributed by atoms with Crippen LogP contribution in [-0.2, 0) is 0 Å². The zero-order chi connectivity index (χ0) is 15.0. The molecule has 20 heavy (non-hydrogen) atoms. The zero-order valence-corrected chi connectivity index (χ0v) is 13.4. The van der Waals surface area contributed by atoms with E-state index in [2.05, 4.69) is 48.0 Å². The van der Waals surface area contributed by atoms with Crippen molar-refractivity contribution < 1.29 is 4.74 Å². The van der Waals surface area contributed by atoms with E-state index in [1.807, 2.05) is 13.0 Å². The van der Waals surface area contributed by atoms with Crippen molar-refractivity contribution in [2.45, 2.75) is 46.6 Å². The van der Waals surface area contributed by atoms with Crippen LogP contribution in [0.15, 0.2) is 6.07 Å². The highest BCUT2D eigenvalue weighted by atomic mass is 16.5. The van der Waals surface area contributed by atoms with E-state index in [0.29, 0.717) is 24.5 Å². The molecule has 114 valence electrons. The van der Waals surface area contributed by atoms with Crippen LogP contribution in [0.1, 0.15) is 39.3 Å². The Morgan fingerprint density at radius 3 is 2.75 bits per heavy atom. The van der Waals surface area contributed by atoms with Gasteiger partial charge in [-0.3, -0.25) is 0 Å². The Morgan fingerprint density at radius 2 is 2.10 bits per heavy atom. The van der Waals surface area contributed by atoms with Gasteiger partial charge in [-0.15, -0.1) is 0 Å². The van der Waals surface area contributed by atoms with Crippen molar-refractivity contribution >= 4 is 5.95 Å². The molecule has 0 aliphatic rings. The number of hydrogen-bond donors (Lipinski definition) is 1. The number of aromatic nitrogens is 2. The van der Waals surface area contributed by atoms with E-state index in [-0.39, 0.29) is 0 Å². The largest absolute Gasteiger partial charge is 0.478 e. The molecule has 0 amide bonds. The minimum absolute atomic E-state index is 0.583. The van der Waals surface area contributed by atoms with Crippen molar-refractivity contribution in [1.29, 1.82) is 0 Å². The van der Waals surface area contributed by atoms with Crippen LogP contribution in [0.25, 0.3) is 0 Å². The molecule has 1 N–H and O–H groups in total. The lowest BCUT2D eigenvalue weighted by Crippen LogP contribution is -2.28. The zero-order valence-electron chi connectivity index (χ0n) is 13.4. The minimum Gasteiger partial charge on any atom is -0.478 e. The van der Waals surface area contributed by atoms with Crippen LogP contribution in [-0.4, -0.2) is 47.7 Å². The Hall–Kier alpha value is -1.36. The van der Waals surface area contributed by atoms with Crippen LogP contribution >= 0.6 is 0 Å². The number of anilines is 1. The molecule has 0 saturated carbocycles. The molecule has 0 saturated heterocycles. The van der Waals surface area contributed by atoms with Gasteiger partial charge in [-0.1, -0.05) is 6.92 Å². The van der Waals surface area contributed by atoms with Crippen LogP contribution in [0.5, 0.6) is 5.88 Å². The molecule has 1 rings (SSSR count). The van der Waals surface area contributed by atoms with Crippen molar-refractivity contribution in [1.82, 2.24) is 14.9 Å². The lowest BCUT2D eigenvalue weighted by Gasteiger charge is -2.20. The molecule has 0 unspecified atom stereocenters. The molecule has 0 radical (unpaired) electrons. The quantitative estimate of drug-likeness (QED) is 0.705. The minimum atomic E-state index is 0.583. The normalized spacial score (nSPS) is 11.2. The van der Waals surface area contributed by atoms with Gasteiger partial charge in [0.05, 0.1) is 6.61 Å². The summed E-state index contributed by atoms with van der Waals surface area (Å²) < 4.78 is 5.55. The first kappa shape index (κ1) is 16.7. The molecule has 1 aromatic rings. The third-order valence-corrected chi connectivity index (χ3v) is 3.14. The predicted octanol–water partition coefficient (Wildman–Crippen LogP) is 2.72. The monoisotopic (exact) mass is 280 g/mol. The maximum absolute atomic E-state index is 5.55. The first-order valence-corrected chi connectivity index (χ1v) is 7.45. The van der Waals surface area contributed by atoms with Crippen molar-refractivity contribution in [3.8, 4) is 5.88 Å². The summed E-state index contributed by atoms with van der Waals surface area (Å²) in [6.45, 7) is 11.1. The predicted molar refractivity (Wildman–Crippen MR) is 83.4 cm³/mol. The Balaban J connectivity index is 2.41. The number of ether oxygens (including phenoxy) is 1. The highest BCUT2D eigenvalue weighted by molar-refractivity contribution is 5.30. The molecule has 5 nitrogen and oxygen atoms in total. The SMILES string of the molecule is CCCOc1cc(C)nc(NCCCN(C)C(C)C)n1. The molecular weight excluding hydrogens is 252 g/mol. The third-order valence-electron chi connectivity index (χ3n) is 3.14. The fraction of sp³-hybridized carbons (Fsp3) is 0.733. The second-order valence-corrected chi connectivity index (χ2v) is 5.37. The summed E-state index contributed by atoms with van der Waals surface area (Å²) in [6, 6.07) is 2.45. The second kappa shape index (κ2) is 8.74. The van der Waals surface area contributed by atoms with E-state index in [0.717, 1.165) is 31.6 Å². The van der Waals surface area contributed by atoms with Crippen molar-refractivity contribution in [3.63, 3.8) is 0 Å². The van der Waals surface area contributed by atoms with Crippen molar-refractivity contribution in [2.24, 2.45) is 0 Å². The van der Waals surface area contributed by atoms with E-state index in [9.17, 15) is 0 Å². The smallest absolute Gasteiger partial charge is 0.226 e. The Labute approximate surface area is 122 Å². The average molecular weight is 280 g/mol. The number of hydrogen-bond acceptors (Lipinski definition) is 5. The average Bonchev–Trinajstić information content (AvgIpc) is 2.40. The van der Waals surface area contributed by atoms with Gasteiger partial charge in [0.25, 0.3) is 0 Å². The van der Waals surface area contributed by atoms with Crippen LogP contribution < -0.4 is 10.1 Å². The summed E-state index contributed by atoms with van der Waals surface area (Å²) >= 11 is 0. The molecule has 0 bridgehead atoms. The fourth-order valence-electron chi connectivity index (χ4n) is 1.69. The van der Waals surface area contributed by atoms with Crippen LogP contribution in [0.4, 0.5) is 5.95 Å². The fourth-order valence-corrected chi connectivity index (χ4v) is 1.69. The van der Waals surface area contributed by atoms with Crippen LogP contribution in [0.3, 0.4) is 0 Å². The first-order valence-electron chi connectivity index (χ1n) is 7.45. The summed E-state index contributed by atoms with van der Waals surface area (Å²) in [4.78, 5) is 11.1. The van der Waals surface area contributed by atoms with Gasteiger partial charge in [-0.25, -0.2) is 4.98 Å². The Kier molecular flexibility index (Phi) is 7.30. The summed E-state index contributed by atoms with van der Waals surface area (Å²) in [5, 5.41) is 3.27. The molecule has 0 fully saturated rings. The van der Waals surface area contributed by atoms with Gasteiger partial charge >= 0.3 is 0 Å². The summed E-state index contributed by atoms with van der Waals surface area (Å²) in [7, 11) is 2.14. The van der Waals surface area contributed by atoms with Crippen LogP contribution in [0, 0.1) is 6.92 Å². The van der Waals surface area contributed by atoms with Crippen molar-refractivity contribution in [3.05, 3.63) is 11.8 Å². The standard InChI is InChI=1S/C15H28N4O/c1-6-10-20-14-11-13(4)17-15(18-14)16-8-7-9-19(5)12(2)3/h11-12H,6-10H2,1-5H3,(H,16,17,18). The van der Waals surface area contributed by atoms with Gasteiger partial charge in [-0.05, 0) is 47.2 Å². The van der Waals surface area contributed by atoms with E-state index < -0.39 is 0 Å². The molecule has 5 heteroatoms. The third kappa shape index (κ3) is 6.19. The molecule has 0 aliphatic carbocycles. The van der Waals surface area contributed by atoms with Gasteiger partial charge in [0.2, 0.25) is 11.8 Å². The van der Waals surface area contributed by atoms with Gasteiger partial charge in [-0.2, -0.15) is 4.98 Å². The molecule has 0 spiro atoms. The highest BCUT2D eigenvalue weighted by Crippen LogP contribution is 2.12. The Morgan fingerprint density at radius 1 is 1.35 bits per heavy atom. The van der Waals surface area contributed by atoms with Gasteiger partial charge < -0.3 is 15.0 Å². The van der Waals surface area contributed by atoms with Crippen LogP contribution in [0.2, 0.25) is 0 Å². The molecule has 0 atom stereocenters. The maximum atomic E-state index is 5.55. The summed E-state index contributed by atoms with van der Waals surface area (Å²) in [6.07, 6.45) is 2.05. The number of nitrogens with one attached hydrogen (secondary N) is 1. The van der Waals surface area contributed by atoms with E-state index in [4.69, 9.17) is 4.74 Å². The lowest BCUT2D eigenvalue weighted by molar-refractivity contribution is 0.273. The molecule has 0 aromatic carbocycles. The summed E-state index contributed by atoms with van der Waals surface area (Å²) in [5.74, 6) is 1.31. The molecule has 1 heterocycles. The maximum Gasteiger partial charge on any atom is 0.226 e. The number of nitrogens with zero attached hydrogens (tertiary/aromatic N) is 3. The van der Waals surface area contributed by atoms with E-state index in [1.54, 1.807) is 0 Å². The van der Waals surface area contributed by atoms with Gasteiger partial charge in [0.15, 0.2) is 0 Å². The topological polar surface area (TPSA) is 50.3 Å². The Bertz CT molecular complexity index is 395. The van der Waals surface area contributed by atoms with Crippen molar-refractivity contribution in [2.75, 3.05) is 32.1 Å². The number of aryl methyl sites for hydroxylation is 1. The molecule has 0 aliphatic heterocycles. The first-order chi connectivity index (χ1) is 9.52. The van der Waals surface area contributed by atoms with Gasteiger partial charge in [0, 0.05) is 24.3 Å². The van der Waals surface area contributed by atoms with E-state index >= 15 is 0 Å². The lowest BCUT2D eigenvalue weighted by atomic mass is 10.3. The van der Waals surface area contributed by atoms with E-state index in [1.165, 1.54) is 0 Å². The second-order valence-electron chi connectivity index (χ2n) is 5.37.